The third-order valence-electron chi connectivity index (χ3n) is 3.04. The Labute approximate surface area is 119 Å². The number of halogens is 2. The van der Waals surface area contributed by atoms with E-state index < -0.39 is 11.6 Å². The van der Waals surface area contributed by atoms with E-state index in [0.717, 1.165) is 0 Å². The number of nitrogens with zero attached hydrogens (tertiary/aromatic N) is 1. The van der Waals surface area contributed by atoms with Gasteiger partial charge in [-0.2, -0.15) is 0 Å². The Morgan fingerprint density at radius 2 is 1.85 bits per heavy atom. The minimum absolute atomic E-state index is 0.0145. The van der Waals surface area contributed by atoms with Gasteiger partial charge in [-0.15, -0.1) is 0 Å². The summed E-state index contributed by atoms with van der Waals surface area (Å²) in [5, 5.41) is 0. The van der Waals surface area contributed by atoms with E-state index in [1.165, 1.54) is 12.1 Å². The minimum atomic E-state index is -0.543. The van der Waals surface area contributed by atoms with Gasteiger partial charge in [-0.05, 0) is 44.9 Å². The van der Waals surface area contributed by atoms with Crippen molar-refractivity contribution in [3.8, 4) is 0 Å². The number of nitrogens with two attached hydrogens (primary N) is 1. The zero-order chi connectivity index (χ0) is 15.1. The number of rotatable bonds is 8. The summed E-state index contributed by atoms with van der Waals surface area (Å²) in [6.07, 6.45) is 0.458. The molecule has 1 aromatic carbocycles. The lowest BCUT2D eigenvalue weighted by molar-refractivity contribution is 0.154. The zero-order valence-electron chi connectivity index (χ0n) is 12.5. The number of benzene rings is 1. The second-order valence-corrected chi connectivity index (χ2v) is 4.87. The van der Waals surface area contributed by atoms with Gasteiger partial charge in [0.05, 0.1) is 6.61 Å². The number of likely N-dealkylation sites (N-methyl/N-ethyl adjacent to an activating group) is 1. The van der Waals surface area contributed by atoms with Crippen molar-refractivity contribution in [3.05, 3.63) is 29.3 Å². The van der Waals surface area contributed by atoms with Crippen LogP contribution < -0.4 is 10.6 Å². The van der Waals surface area contributed by atoms with Crippen LogP contribution in [0.3, 0.4) is 0 Å². The summed E-state index contributed by atoms with van der Waals surface area (Å²) in [5.41, 5.74) is 6.26. The van der Waals surface area contributed by atoms with Gasteiger partial charge in [0.15, 0.2) is 0 Å². The molecule has 5 heteroatoms. The van der Waals surface area contributed by atoms with Crippen molar-refractivity contribution in [2.45, 2.75) is 33.2 Å². The molecule has 0 aliphatic rings. The van der Waals surface area contributed by atoms with Crippen LogP contribution in [-0.4, -0.2) is 32.3 Å². The zero-order valence-corrected chi connectivity index (χ0v) is 12.5. The minimum Gasteiger partial charge on any atom is -0.380 e. The molecular formula is C15H24F2N2O. The van der Waals surface area contributed by atoms with Crippen LogP contribution in [0.15, 0.2) is 12.1 Å². The van der Waals surface area contributed by atoms with Crippen molar-refractivity contribution in [2.75, 3.05) is 31.2 Å². The molecule has 0 fully saturated rings. The molecule has 20 heavy (non-hydrogen) atoms. The maximum absolute atomic E-state index is 14.1. The number of anilines is 1. The van der Waals surface area contributed by atoms with Gasteiger partial charge >= 0.3 is 0 Å². The van der Waals surface area contributed by atoms with E-state index >= 15 is 0 Å². The van der Waals surface area contributed by atoms with Gasteiger partial charge in [0.2, 0.25) is 0 Å². The molecule has 0 aliphatic heterocycles. The van der Waals surface area contributed by atoms with Gasteiger partial charge in [0, 0.05) is 25.7 Å². The number of hydrogen-bond donors (Lipinski definition) is 1. The molecule has 1 aromatic rings. The average Bonchev–Trinajstić information content (AvgIpc) is 2.35. The Hall–Kier alpha value is -1.20. The highest BCUT2D eigenvalue weighted by molar-refractivity contribution is 5.50. The first-order valence-corrected chi connectivity index (χ1v) is 7.05. The van der Waals surface area contributed by atoms with Crippen molar-refractivity contribution < 1.29 is 13.5 Å². The van der Waals surface area contributed by atoms with Crippen LogP contribution in [-0.2, 0) is 11.2 Å². The van der Waals surface area contributed by atoms with Gasteiger partial charge in [-0.3, -0.25) is 0 Å². The second-order valence-electron chi connectivity index (χ2n) is 4.87. The fourth-order valence-electron chi connectivity index (χ4n) is 2.16. The van der Waals surface area contributed by atoms with Crippen molar-refractivity contribution in [1.82, 2.24) is 0 Å². The van der Waals surface area contributed by atoms with Crippen LogP contribution in [0.1, 0.15) is 26.3 Å². The Morgan fingerprint density at radius 3 is 2.30 bits per heavy atom. The fourth-order valence-corrected chi connectivity index (χ4v) is 2.16. The van der Waals surface area contributed by atoms with Crippen LogP contribution in [0.25, 0.3) is 0 Å². The van der Waals surface area contributed by atoms with E-state index in [4.69, 9.17) is 10.5 Å². The lowest BCUT2D eigenvalue weighted by atomic mass is 10.1. The van der Waals surface area contributed by atoms with Crippen LogP contribution in [0.5, 0.6) is 0 Å². The highest BCUT2D eigenvalue weighted by atomic mass is 19.1. The average molecular weight is 286 g/mol. The van der Waals surface area contributed by atoms with E-state index in [-0.39, 0.29) is 11.7 Å². The monoisotopic (exact) mass is 286 g/mol. The molecule has 0 aromatic heterocycles. The SMILES string of the molecule is CCOCCN(CC)c1c(F)cc(CC(C)N)cc1F. The van der Waals surface area contributed by atoms with E-state index in [9.17, 15) is 8.78 Å². The van der Waals surface area contributed by atoms with Crippen LogP contribution in [0.4, 0.5) is 14.5 Å². The predicted molar refractivity (Wildman–Crippen MR) is 78.1 cm³/mol. The smallest absolute Gasteiger partial charge is 0.149 e. The van der Waals surface area contributed by atoms with Gasteiger partial charge < -0.3 is 15.4 Å². The summed E-state index contributed by atoms with van der Waals surface area (Å²) in [6.45, 7) is 7.59. The first kappa shape index (κ1) is 16.9. The molecule has 3 nitrogen and oxygen atoms in total. The van der Waals surface area contributed by atoms with Gasteiger partial charge in [0.25, 0.3) is 0 Å². The molecular weight excluding hydrogens is 262 g/mol. The largest absolute Gasteiger partial charge is 0.380 e. The molecule has 0 radical (unpaired) electrons. The van der Waals surface area contributed by atoms with Crippen molar-refractivity contribution >= 4 is 5.69 Å². The highest BCUT2D eigenvalue weighted by Gasteiger charge is 2.17. The highest BCUT2D eigenvalue weighted by Crippen LogP contribution is 2.25. The maximum atomic E-state index is 14.1. The molecule has 0 amide bonds. The standard InChI is InChI=1S/C15H24F2N2O/c1-4-19(6-7-20-5-2)15-13(16)9-12(8-11(3)18)10-14(15)17/h9-11H,4-8,18H2,1-3H3. The number of hydrogen-bond acceptors (Lipinski definition) is 3. The Kier molecular flexibility index (Phi) is 6.88. The molecule has 0 heterocycles. The molecule has 1 rings (SSSR count). The lowest BCUT2D eigenvalue weighted by Crippen LogP contribution is -2.29. The molecule has 1 atom stereocenters. The Balaban J connectivity index is 2.92. The Bertz CT molecular complexity index is 401. The Morgan fingerprint density at radius 1 is 1.25 bits per heavy atom. The first-order chi connectivity index (χ1) is 9.49. The molecule has 1 unspecified atom stereocenters. The summed E-state index contributed by atoms with van der Waals surface area (Å²) in [6, 6.07) is 2.61. The summed E-state index contributed by atoms with van der Waals surface area (Å²) in [5.74, 6) is -1.09. The fraction of sp³-hybridized carbons (Fsp3) is 0.600. The quantitative estimate of drug-likeness (QED) is 0.747. The molecule has 114 valence electrons. The third-order valence-corrected chi connectivity index (χ3v) is 3.04. The van der Waals surface area contributed by atoms with E-state index in [2.05, 4.69) is 0 Å². The van der Waals surface area contributed by atoms with Gasteiger partial charge in [-0.1, -0.05) is 0 Å². The third kappa shape index (κ3) is 4.72. The van der Waals surface area contributed by atoms with Gasteiger partial charge in [0.1, 0.15) is 17.3 Å². The van der Waals surface area contributed by atoms with Crippen molar-refractivity contribution in [2.24, 2.45) is 5.73 Å². The summed E-state index contributed by atoms with van der Waals surface area (Å²) in [7, 11) is 0. The van der Waals surface area contributed by atoms with Crippen LogP contribution in [0, 0.1) is 11.6 Å². The van der Waals surface area contributed by atoms with Gasteiger partial charge in [-0.25, -0.2) is 8.78 Å². The molecule has 0 bridgehead atoms. The summed E-state index contributed by atoms with van der Waals surface area (Å²) >= 11 is 0. The topological polar surface area (TPSA) is 38.5 Å². The molecule has 0 aliphatic carbocycles. The predicted octanol–water partition coefficient (Wildman–Crippen LogP) is 2.72. The maximum Gasteiger partial charge on any atom is 0.149 e. The normalized spacial score (nSPS) is 12.5. The summed E-state index contributed by atoms with van der Waals surface area (Å²) < 4.78 is 33.5. The van der Waals surface area contributed by atoms with Crippen LogP contribution in [0.2, 0.25) is 0 Å². The molecule has 0 saturated heterocycles. The van der Waals surface area contributed by atoms with E-state index in [1.54, 1.807) is 4.90 Å². The van der Waals surface area contributed by atoms with E-state index in [1.807, 2.05) is 20.8 Å². The molecule has 0 saturated carbocycles. The van der Waals surface area contributed by atoms with Crippen LogP contribution >= 0.6 is 0 Å². The number of ether oxygens (including phenoxy) is 1. The summed E-state index contributed by atoms with van der Waals surface area (Å²) in [4.78, 5) is 1.65. The molecule has 2 N–H and O–H groups in total. The first-order valence-electron chi connectivity index (χ1n) is 7.05. The van der Waals surface area contributed by atoms with E-state index in [0.29, 0.717) is 38.3 Å². The molecule has 0 spiro atoms. The lowest BCUT2D eigenvalue weighted by Gasteiger charge is -2.24. The second kappa shape index (κ2) is 8.17. The van der Waals surface area contributed by atoms with Crippen molar-refractivity contribution in [1.29, 1.82) is 0 Å². The van der Waals surface area contributed by atoms with Crippen molar-refractivity contribution in [3.63, 3.8) is 0 Å².